The zero-order valence-corrected chi connectivity index (χ0v) is 21.5. The van der Waals surface area contributed by atoms with E-state index < -0.39 is 0 Å². The van der Waals surface area contributed by atoms with Gasteiger partial charge in [-0.15, -0.1) is 0 Å². The van der Waals surface area contributed by atoms with E-state index in [0.717, 1.165) is 22.9 Å². The Bertz CT molecular complexity index is 1580. The van der Waals surface area contributed by atoms with E-state index in [2.05, 4.69) is 0 Å². The fraction of sp³-hybridized carbons (Fsp3) is 0.115. The largest absolute Gasteiger partial charge is 0.457 e. The number of thiocarbonyl (C=S) groups is 1. The molecule has 6 nitrogen and oxygen atoms in total. The third-order valence-electron chi connectivity index (χ3n) is 5.91. The third-order valence-corrected chi connectivity index (χ3v) is 7.44. The van der Waals surface area contributed by atoms with Crippen LogP contribution in [0.2, 0.25) is 5.02 Å². The topological polar surface area (TPSA) is 60.4 Å². The van der Waals surface area contributed by atoms with E-state index in [1.807, 2.05) is 61.5 Å². The predicted molar refractivity (Wildman–Crippen MR) is 145 cm³/mol. The van der Waals surface area contributed by atoms with Gasteiger partial charge in [-0.25, -0.2) is 4.68 Å². The van der Waals surface area contributed by atoms with Crippen LogP contribution in [0.1, 0.15) is 17.0 Å². The molecule has 1 saturated heterocycles. The van der Waals surface area contributed by atoms with Crippen LogP contribution in [0.5, 0.6) is 0 Å². The number of carbonyl (C=O) groups is 1. The number of hydrogen-bond acceptors (Lipinski definition) is 5. The molecule has 3 heterocycles. The molecule has 35 heavy (non-hydrogen) atoms. The van der Waals surface area contributed by atoms with E-state index in [4.69, 9.17) is 28.2 Å². The van der Waals surface area contributed by atoms with E-state index in [9.17, 15) is 9.59 Å². The van der Waals surface area contributed by atoms with Crippen molar-refractivity contribution >= 4 is 57.6 Å². The highest BCUT2D eigenvalue weighted by molar-refractivity contribution is 8.27. The van der Waals surface area contributed by atoms with Gasteiger partial charge in [0.1, 0.15) is 17.2 Å². The standard InChI is InChI=1S/C26H20ClN3O3S2/c1-15-9-10-17(27)13-20(15)21-12-11-19(33-21)14-22-24(31)29(26(34)35-22)23-16(2)28(3)30(25(23)32)18-7-5-4-6-8-18/h4-14H,1-3H3/b22-14-. The number of para-hydroxylation sites is 1. The molecule has 9 heteroatoms. The molecule has 2 aromatic carbocycles. The summed E-state index contributed by atoms with van der Waals surface area (Å²) in [5.74, 6) is 0.797. The maximum atomic E-state index is 13.4. The lowest BCUT2D eigenvalue weighted by molar-refractivity contribution is -0.113. The molecule has 176 valence electrons. The SMILES string of the molecule is Cc1ccc(Cl)cc1-c1ccc(/C=C2\SC(=S)N(c3c(C)n(C)n(-c4ccccc4)c3=O)C2=O)o1. The quantitative estimate of drug-likeness (QED) is 0.239. The number of benzene rings is 2. The van der Waals surface area contributed by atoms with Crippen LogP contribution in [-0.2, 0) is 11.8 Å². The normalized spacial score (nSPS) is 15.0. The first-order valence-electron chi connectivity index (χ1n) is 10.7. The van der Waals surface area contributed by atoms with Crippen LogP contribution in [0.3, 0.4) is 0 Å². The van der Waals surface area contributed by atoms with Crippen LogP contribution in [0, 0.1) is 13.8 Å². The molecule has 0 atom stereocenters. The van der Waals surface area contributed by atoms with Gasteiger partial charge in [0.05, 0.1) is 16.3 Å². The monoisotopic (exact) mass is 521 g/mol. The summed E-state index contributed by atoms with van der Waals surface area (Å²) in [6, 6.07) is 18.5. The lowest BCUT2D eigenvalue weighted by Crippen LogP contribution is -2.33. The molecule has 1 aliphatic heterocycles. The van der Waals surface area contributed by atoms with Crippen molar-refractivity contribution in [1.29, 1.82) is 0 Å². The van der Waals surface area contributed by atoms with Gasteiger partial charge in [0, 0.05) is 23.7 Å². The van der Waals surface area contributed by atoms with Crippen molar-refractivity contribution in [2.24, 2.45) is 7.05 Å². The van der Waals surface area contributed by atoms with Crippen molar-refractivity contribution in [3.05, 3.63) is 98.0 Å². The number of furan rings is 1. The number of aromatic nitrogens is 2. The molecule has 0 bridgehead atoms. The summed E-state index contributed by atoms with van der Waals surface area (Å²) in [6.07, 6.45) is 1.65. The maximum absolute atomic E-state index is 13.4. The zero-order chi connectivity index (χ0) is 24.9. The van der Waals surface area contributed by atoms with Crippen LogP contribution in [0.4, 0.5) is 5.69 Å². The summed E-state index contributed by atoms with van der Waals surface area (Å²) >= 11 is 12.8. The summed E-state index contributed by atoms with van der Waals surface area (Å²) in [5.41, 5.74) is 3.17. The second-order valence-electron chi connectivity index (χ2n) is 8.09. The second kappa shape index (κ2) is 9.03. The Labute approximate surface area is 216 Å². The molecule has 0 aliphatic carbocycles. The molecular formula is C26H20ClN3O3S2. The van der Waals surface area contributed by atoms with Crippen LogP contribution in [-0.4, -0.2) is 19.6 Å². The number of thioether (sulfide) groups is 1. The lowest BCUT2D eigenvalue weighted by Gasteiger charge is -2.12. The number of aryl methyl sites for hydroxylation is 1. The van der Waals surface area contributed by atoms with Gasteiger partial charge >= 0.3 is 0 Å². The third kappa shape index (κ3) is 4.07. The molecule has 1 aliphatic rings. The van der Waals surface area contributed by atoms with Gasteiger partial charge in [-0.2, -0.15) is 0 Å². The summed E-state index contributed by atoms with van der Waals surface area (Å²) in [4.78, 5) is 28.5. The van der Waals surface area contributed by atoms with Gasteiger partial charge < -0.3 is 4.42 Å². The number of nitrogens with zero attached hydrogens (tertiary/aromatic N) is 3. The number of halogens is 1. The van der Waals surface area contributed by atoms with Crippen LogP contribution >= 0.6 is 35.6 Å². The molecule has 1 amide bonds. The summed E-state index contributed by atoms with van der Waals surface area (Å²) < 4.78 is 9.53. The van der Waals surface area contributed by atoms with Gasteiger partial charge in [-0.3, -0.25) is 19.2 Å². The Morgan fingerprint density at radius 1 is 1.03 bits per heavy atom. The van der Waals surface area contributed by atoms with Gasteiger partial charge in [0.15, 0.2) is 4.32 Å². The van der Waals surface area contributed by atoms with Crippen molar-refractivity contribution in [1.82, 2.24) is 9.36 Å². The first kappa shape index (κ1) is 23.4. The van der Waals surface area contributed by atoms with Crippen LogP contribution in [0.25, 0.3) is 23.1 Å². The Hall–Kier alpha value is -3.33. The highest BCUT2D eigenvalue weighted by Crippen LogP contribution is 2.37. The zero-order valence-electron chi connectivity index (χ0n) is 19.1. The lowest BCUT2D eigenvalue weighted by atomic mass is 10.1. The maximum Gasteiger partial charge on any atom is 0.296 e. The number of carbonyl (C=O) groups excluding carboxylic acids is 1. The van der Waals surface area contributed by atoms with Crippen molar-refractivity contribution in [2.45, 2.75) is 13.8 Å². The second-order valence-corrected chi connectivity index (χ2v) is 10.2. The number of rotatable bonds is 4. The molecule has 4 aromatic rings. The van der Waals surface area contributed by atoms with Crippen molar-refractivity contribution in [3.63, 3.8) is 0 Å². The fourth-order valence-corrected chi connectivity index (χ4v) is 5.46. The molecule has 0 N–H and O–H groups in total. The van der Waals surface area contributed by atoms with Gasteiger partial charge in [0.2, 0.25) is 0 Å². The van der Waals surface area contributed by atoms with E-state index in [1.165, 1.54) is 9.58 Å². The summed E-state index contributed by atoms with van der Waals surface area (Å²) in [6.45, 7) is 3.77. The minimum atomic E-state index is -0.358. The molecule has 2 aromatic heterocycles. The average molecular weight is 522 g/mol. The molecular weight excluding hydrogens is 502 g/mol. The molecule has 0 saturated carbocycles. The number of amides is 1. The summed E-state index contributed by atoms with van der Waals surface area (Å²) in [5, 5.41) is 0.615. The molecule has 1 fully saturated rings. The van der Waals surface area contributed by atoms with Gasteiger partial charge in [-0.05, 0) is 55.8 Å². The Morgan fingerprint density at radius 2 is 1.77 bits per heavy atom. The van der Waals surface area contributed by atoms with Gasteiger partial charge in [0.25, 0.3) is 11.5 Å². The molecule has 5 rings (SSSR count). The van der Waals surface area contributed by atoms with E-state index in [-0.39, 0.29) is 17.2 Å². The first-order chi connectivity index (χ1) is 16.8. The Kier molecular flexibility index (Phi) is 6.04. The minimum absolute atomic E-state index is 0.247. The number of hydrogen-bond donors (Lipinski definition) is 0. The van der Waals surface area contributed by atoms with Crippen LogP contribution < -0.4 is 10.5 Å². The molecule has 0 radical (unpaired) electrons. The first-order valence-corrected chi connectivity index (χ1v) is 12.3. The Morgan fingerprint density at radius 3 is 2.51 bits per heavy atom. The van der Waals surface area contributed by atoms with E-state index >= 15 is 0 Å². The van der Waals surface area contributed by atoms with Gasteiger partial charge in [-0.1, -0.05) is 59.8 Å². The number of anilines is 1. The molecule has 0 spiro atoms. The fourth-order valence-electron chi connectivity index (χ4n) is 4.04. The highest BCUT2D eigenvalue weighted by atomic mass is 35.5. The van der Waals surface area contributed by atoms with Crippen molar-refractivity contribution in [2.75, 3.05) is 4.90 Å². The van der Waals surface area contributed by atoms with Crippen molar-refractivity contribution < 1.29 is 9.21 Å². The summed E-state index contributed by atoms with van der Waals surface area (Å²) in [7, 11) is 1.78. The predicted octanol–water partition coefficient (Wildman–Crippen LogP) is 6.11. The van der Waals surface area contributed by atoms with Crippen molar-refractivity contribution in [3.8, 4) is 17.0 Å². The molecule has 0 unspecified atom stereocenters. The Balaban J connectivity index is 1.50. The smallest absolute Gasteiger partial charge is 0.296 e. The van der Waals surface area contributed by atoms with E-state index in [1.54, 1.807) is 30.8 Å². The minimum Gasteiger partial charge on any atom is -0.457 e. The average Bonchev–Trinajstić information content (AvgIpc) is 3.47. The highest BCUT2D eigenvalue weighted by Gasteiger charge is 2.38. The van der Waals surface area contributed by atoms with Crippen LogP contribution in [0.15, 0.2) is 74.8 Å². The van der Waals surface area contributed by atoms with E-state index in [0.29, 0.717) is 37.2 Å².